The maximum atomic E-state index is 12.3. The molecule has 0 N–H and O–H groups in total. The molecule has 0 saturated heterocycles. The molecule has 0 spiro atoms. The molecule has 0 rings (SSSR count). The van der Waals surface area contributed by atoms with Gasteiger partial charge in [0.2, 0.25) is 5.91 Å². The van der Waals surface area contributed by atoms with Gasteiger partial charge < -0.3 is 4.90 Å². The second-order valence-corrected chi connectivity index (χ2v) is 4.82. The van der Waals surface area contributed by atoms with E-state index in [0.29, 0.717) is 18.9 Å². The lowest BCUT2D eigenvalue weighted by atomic mass is 9.87. The van der Waals surface area contributed by atoms with Gasteiger partial charge in [0.05, 0.1) is 6.07 Å². The SMILES string of the molecule is CCC(CC)CN(CC)C(=O)C(C)(C#N)CC. The zero-order chi connectivity index (χ0) is 13.5. The molecule has 0 aromatic heterocycles. The first-order chi connectivity index (χ1) is 7.98. The van der Waals surface area contributed by atoms with Crippen LogP contribution < -0.4 is 0 Å². The molecular formula is C14H26N2O. The average Bonchev–Trinajstić information content (AvgIpc) is 2.38. The predicted octanol–water partition coefficient (Wildman–Crippen LogP) is 3.21. The molecule has 0 radical (unpaired) electrons. The summed E-state index contributed by atoms with van der Waals surface area (Å²) in [5.41, 5.74) is -0.859. The van der Waals surface area contributed by atoms with Crippen LogP contribution >= 0.6 is 0 Å². The molecule has 1 atom stereocenters. The smallest absolute Gasteiger partial charge is 0.242 e. The third kappa shape index (κ3) is 4.03. The maximum Gasteiger partial charge on any atom is 0.242 e. The quantitative estimate of drug-likeness (QED) is 0.683. The topological polar surface area (TPSA) is 44.1 Å². The van der Waals surface area contributed by atoms with Crippen LogP contribution in [0.5, 0.6) is 0 Å². The van der Waals surface area contributed by atoms with E-state index < -0.39 is 5.41 Å². The van der Waals surface area contributed by atoms with Gasteiger partial charge in [-0.15, -0.1) is 0 Å². The molecule has 0 bridgehead atoms. The van der Waals surface area contributed by atoms with Crippen LogP contribution in [0.3, 0.4) is 0 Å². The van der Waals surface area contributed by atoms with Gasteiger partial charge in [0.1, 0.15) is 5.41 Å². The highest BCUT2D eigenvalue weighted by atomic mass is 16.2. The van der Waals surface area contributed by atoms with Crippen LogP contribution in [0.1, 0.15) is 53.9 Å². The molecule has 1 amide bonds. The first kappa shape index (κ1) is 16.0. The summed E-state index contributed by atoms with van der Waals surface area (Å²) >= 11 is 0. The Hall–Kier alpha value is -1.04. The fourth-order valence-electron chi connectivity index (χ4n) is 1.84. The Morgan fingerprint density at radius 3 is 2.12 bits per heavy atom. The summed E-state index contributed by atoms with van der Waals surface area (Å²) in [6, 6.07) is 2.16. The second-order valence-electron chi connectivity index (χ2n) is 4.82. The molecule has 98 valence electrons. The van der Waals surface area contributed by atoms with Crippen molar-refractivity contribution < 1.29 is 4.79 Å². The van der Waals surface area contributed by atoms with Gasteiger partial charge in [-0.3, -0.25) is 4.79 Å². The van der Waals surface area contributed by atoms with Crippen molar-refractivity contribution in [2.45, 2.75) is 53.9 Å². The minimum Gasteiger partial charge on any atom is -0.341 e. The molecule has 0 aliphatic rings. The number of carbonyl (C=O) groups excluding carboxylic acids is 1. The summed E-state index contributed by atoms with van der Waals surface area (Å²) < 4.78 is 0. The van der Waals surface area contributed by atoms with Crippen molar-refractivity contribution in [1.29, 1.82) is 5.26 Å². The number of nitriles is 1. The van der Waals surface area contributed by atoms with Crippen molar-refractivity contribution in [3.63, 3.8) is 0 Å². The van der Waals surface area contributed by atoms with E-state index in [-0.39, 0.29) is 5.91 Å². The summed E-state index contributed by atoms with van der Waals surface area (Å²) in [6.45, 7) is 11.4. The fraction of sp³-hybridized carbons (Fsp3) is 0.857. The summed E-state index contributed by atoms with van der Waals surface area (Å²) in [4.78, 5) is 14.2. The Kier molecular flexibility index (Phi) is 6.87. The predicted molar refractivity (Wildman–Crippen MR) is 70.3 cm³/mol. The first-order valence-corrected chi connectivity index (χ1v) is 6.69. The van der Waals surface area contributed by atoms with E-state index in [1.165, 1.54) is 0 Å². The Labute approximate surface area is 106 Å². The van der Waals surface area contributed by atoms with Gasteiger partial charge in [0.15, 0.2) is 0 Å². The van der Waals surface area contributed by atoms with Crippen molar-refractivity contribution in [2.24, 2.45) is 11.3 Å². The summed E-state index contributed by atoms with van der Waals surface area (Å²) in [6.07, 6.45) is 2.73. The number of nitrogens with zero attached hydrogens (tertiary/aromatic N) is 2. The highest BCUT2D eigenvalue weighted by molar-refractivity contribution is 5.85. The third-order valence-electron chi connectivity index (χ3n) is 3.73. The largest absolute Gasteiger partial charge is 0.341 e. The van der Waals surface area contributed by atoms with Crippen LogP contribution in [0.15, 0.2) is 0 Å². The number of hydrogen-bond donors (Lipinski definition) is 0. The molecule has 3 heteroatoms. The second kappa shape index (κ2) is 7.32. The third-order valence-corrected chi connectivity index (χ3v) is 3.73. The molecule has 0 aliphatic heterocycles. The van der Waals surface area contributed by atoms with Gasteiger partial charge in [0.25, 0.3) is 0 Å². The Bertz CT molecular complexity index is 278. The summed E-state index contributed by atoms with van der Waals surface area (Å²) in [7, 11) is 0. The van der Waals surface area contributed by atoms with Crippen molar-refractivity contribution in [3.05, 3.63) is 0 Å². The van der Waals surface area contributed by atoms with E-state index >= 15 is 0 Å². The zero-order valence-corrected chi connectivity index (χ0v) is 11.9. The van der Waals surface area contributed by atoms with Crippen molar-refractivity contribution >= 4 is 5.91 Å². The Morgan fingerprint density at radius 2 is 1.82 bits per heavy atom. The average molecular weight is 238 g/mol. The minimum absolute atomic E-state index is 0.0168. The monoisotopic (exact) mass is 238 g/mol. The van der Waals surface area contributed by atoms with Crippen LogP contribution in [0.25, 0.3) is 0 Å². The summed E-state index contributed by atoms with van der Waals surface area (Å²) in [5, 5.41) is 9.15. The number of amides is 1. The lowest BCUT2D eigenvalue weighted by molar-refractivity contribution is -0.139. The molecule has 0 heterocycles. The van der Waals surface area contributed by atoms with Crippen LogP contribution in [0, 0.1) is 22.7 Å². The highest BCUT2D eigenvalue weighted by Gasteiger charge is 2.35. The molecule has 0 saturated carbocycles. The van der Waals surface area contributed by atoms with Gasteiger partial charge in [-0.2, -0.15) is 5.26 Å². The van der Waals surface area contributed by atoms with Gasteiger partial charge in [-0.25, -0.2) is 0 Å². The summed E-state index contributed by atoms with van der Waals surface area (Å²) in [5.74, 6) is 0.524. The number of carbonyl (C=O) groups is 1. The van der Waals surface area contributed by atoms with Crippen molar-refractivity contribution in [3.8, 4) is 6.07 Å². The van der Waals surface area contributed by atoms with E-state index in [2.05, 4.69) is 19.9 Å². The van der Waals surface area contributed by atoms with Crippen LogP contribution in [-0.4, -0.2) is 23.9 Å². The Morgan fingerprint density at radius 1 is 1.29 bits per heavy atom. The molecule has 1 unspecified atom stereocenters. The molecule has 0 aliphatic carbocycles. The van der Waals surface area contributed by atoms with E-state index in [9.17, 15) is 4.79 Å². The standard InChI is InChI=1S/C14H26N2O/c1-6-12(7-2)10-16(9-4)13(17)14(5,8-3)11-15/h12H,6-10H2,1-5H3. The van der Waals surface area contributed by atoms with Gasteiger partial charge in [0, 0.05) is 13.1 Å². The normalized spacial score (nSPS) is 14.2. The minimum atomic E-state index is -0.859. The molecular weight excluding hydrogens is 212 g/mol. The molecule has 0 aromatic rings. The van der Waals surface area contributed by atoms with E-state index in [0.717, 1.165) is 19.4 Å². The van der Waals surface area contributed by atoms with Crippen LogP contribution in [0.2, 0.25) is 0 Å². The lowest BCUT2D eigenvalue weighted by Crippen LogP contribution is -2.43. The van der Waals surface area contributed by atoms with Crippen molar-refractivity contribution in [2.75, 3.05) is 13.1 Å². The molecule has 0 aromatic carbocycles. The lowest BCUT2D eigenvalue weighted by Gasteiger charge is -2.31. The van der Waals surface area contributed by atoms with E-state index in [4.69, 9.17) is 5.26 Å². The number of hydrogen-bond acceptors (Lipinski definition) is 2. The van der Waals surface area contributed by atoms with Gasteiger partial charge >= 0.3 is 0 Å². The first-order valence-electron chi connectivity index (χ1n) is 6.69. The maximum absolute atomic E-state index is 12.3. The van der Waals surface area contributed by atoms with Crippen LogP contribution in [-0.2, 0) is 4.79 Å². The fourth-order valence-corrected chi connectivity index (χ4v) is 1.84. The van der Waals surface area contributed by atoms with Gasteiger partial charge in [-0.1, -0.05) is 33.6 Å². The van der Waals surface area contributed by atoms with E-state index in [1.807, 2.05) is 18.7 Å². The van der Waals surface area contributed by atoms with Crippen LogP contribution in [0.4, 0.5) is 0 Å². The van der Waals surface area contributed by atoms with E-state index in [1.54, 1.807) is 6.92 Å². The molecule has 3 nitrogen and oxygen atoms in total. The molecule has 0 fully saturated rings. The zero-order valence-electron chi connectivity index (χ0n) is 11.9. The highest BCUT2D eigenvalue weighted by Crippen LogP contribution is 2.24. The van der Waals surface area contributed by atoms with Gasteiger partial charge in [-0.05, 0) is 26.2 Å². The van der Waals surface area contributed by atoms with Crippen molar-refractivity contribution in [1.82, 2.24) is 4.90 Å². The Balaban J connectivity index is 4.78. The number of rotatable bonds is 7. The molecule has 17 heavy (non-hydrogen) atoms.